The lowest BCUT2D eigenvalue weighted by Crippen LogP contribution is -2.56. The Balaban J connectivity index is 1.68. The van der Waals surface area contributed by atoms with Gasteiger partial charge >= 0.3 is 0 Å². The second-order valence-electron chi connectivity index (χ2n) is 5.96. The molecule has 0 amide bonds. The van der Waals surface area contributed by atoms with Gasteiger partial charge in [0, 0.05) is 18.6 Å². The largest absolute Gasteiger partial charge is 0.508 e. The van der Waals surface area contributed by atoms with Crippen LogP contribution in [0.25, 0.3) is 0 Å². The van der Waals surface area contributed by atoms with E-state index in [2.05, 4.69) is 17.1 Å². The van der Waals surface area contributed by atoms with Gasteiger partial charge in [0.15, 0.2) is 0 Å². The number of hydrogen-bond acceptors (Lipinski definition) is 3. The molecule has 1 aromatic carbocycles. The van der Waals surface area contributed by atoms with Crippen LogP contribution in [-0.2, 0) is 0 Å². The monoisotopic (exact) mass is 260 g/mol. The molecule has 0 aromatic heterocycles. The van der Waals surface area contributed by atoms with Crippen molar-refractivity contribution >= 4 is 0 Å². The average molecular weight is 260 g/mol. The van der Waals surface area contributed by atoms with E-state index in [4.69, 9.17) is 0 Å². The fourth-order valence-electron chi connectivity index (χ4n) is 3.57. The van der Waals surface area contributed by atoms with Crippen LogP contribution < -0.4 is 5.32 Å². The lowest BCUT2D eigenvalue weighted by atomic mass is 9.83. The molecule has 19 heavy (non-hydrogen) atoms. The summed E-state index contributed by atoms with van der Waals surface area (Å²) < 4.78 is 0. The predicted octanol–water partition coefficient (Wildman–Crippen LogP) is 2.53. The standard InChI is InChI=1S/C16H24N2O/c1-2-15(12-3-5-14(19)6-4-12)17-16-11-18-9-7-13(16)8-10-18/h3-6,13,15-17,19H,2,7-11H2,1H3. The average Bonchev–Trinajstić information content (AvgIpc) is 2.47. The fourth-order valence-corrected chi connectivity index (χ4v) is 3.57. The van der Waals surface area contributed by atoms with Crippen LogP contribution >= 0.6 is 0 Å². The molecule has 3 fully saturated rings. The number of piperidine rings is 3. The molecule has 4 rings (SSSR count). The first-order valence-electron chi connectivity index (χ1n) is 7.53. The van der Waals surface area contributed by atoms with Crippen LogP contribution in [0.15, 0.2) is 24.3 Å². The summed E-state index contributed by atoms with van der Waals surface area (Å²) in [6.45, 7) is 6.02. The maximum atomic E-state index is 9.39. The Morgan fingerprint density at radius 2 is 1.95 bits per heavy atom. The number of fused-ring (bicyclic) bond motifs is 3. The van der Waals surface area contributed by atoms with Crippen LogP contribution in [0.4, 0.5) is 0 Å². The number of hydrogen-bond donors (Lipinski definition) is 2. The Labute approximate surface area is 115 Å². The molecule has 3 aliphatic rings. The predicted molar refractivity (Wildman–Crippen MR) is 77.2 cm³/mol. The highest BCUT2D eigenvalue weighted by molar-refractivity contribution is 5.28. The van der Waals surface area contributed by atoms with Crippen molar-refractivity contribution < 1.29 is 5.11 Å². The zero-order chi connectivity index (χ0) is 13.2. The highest BCUT2D eigenvalue weighted by atomic mass is 16.3. The quantitative estimate of drug-likeness (QED) is 0.873. The zero-order valence-electron chi connectivity index (χ0n) is 11.7. The van der Waals surface area contributed by atoms with E-state index in [0.717, 1.165) is 12.3 Å². The van der Waals surface area contributed by atoms with E-state index in [1.165, 1.54) is 38.0 Å². The van der Waals surface area contributed by atoms with E-state index in [0.29, 0.717) is 17.8 Å². The number of nitrogens with one attached hydrogen (secondary N) is 1. The second-order valence-corrected chi connectivity index (χ2v) is 5.96. The Bertz CT molecular complexity index is 409. The van der Waals surface area contributed by atoms with Crippen molar-refractivity contribution in [2.24, 2.45) is 5.92 Å². The molecule has 2 N–H and O–H groups in total. The topological polar surface area (TPSA) is 35.5 Å². The molecule has 0 radical (unpaired) electrons. The summed E-state index contributed by atoms with van der Waals surface area (Å²) in [5.41, 5.74) is 1.29. The molecule has 2 unspecified atom stereocenters. The lowest BCUT2D eigenvalue weighted by molar-refractivity contribution is 0.0666. The normalized spacial score (nSPS) is 31.3. The van der Waals surface area contributed by atoms with Crippen molar-refractivity contribution in [3.05, 3.63) is 29.8 Å². The fraction of sp³-hybridized carbons (Fsp3) is 0.625. The van der Waals surface area contributed by atoms with Gasteiger partial charge in [0.25, 0.3) is 0 Å². The van der Waals surface area contributed by atoms with Crippen LogP contribution in [0.2, 0.25) is 0 Å². The van der Waals surface area contributed by atoms with Crippen molar-refractivity contribution in [2.45, 2.75) is 38.3 Å². The van der Waals surface area contributed by atoms with E-state index < -0.39 is 0 Å². The van der Waals surface area contributed by atoms with E-state index >= 15 is 0 Å². The molecule has 2 bridgehead atoms. The number of nitrogens with zero attached hydrogens (tertiary/aromatic N) is 1. The maximum absolute atomic E-state index is 9.39. The Morgan fingerprint density at radius 1 is 1.26 bits per heavy atom. The molecule has 3 nitrogen and oxygen atoms in total. The van der Waals surface area contributed by atoms with Gasteiger partial charge in [-0.1, -0.05) is 19.1 Å². The summed E-state index contributed by atoms with van der Waals surface area (Å²) in [6, 6.07) is 8.70. The first-order valence-corrected chi connectivity index (χ1v) is 7.53. The molecule has 0 saturated carbocycles. The van der Waals surface area contributed by atoms with Crippen molar-refractivity contribution in [3.63, 3.8) is 0 Å². The smallest absolute Gasteiger partial charge is 0.115 e. The van der Waals surface area contributed by atoms with Gasteiger partial charge < -0.3 is 15.3 Å². The van der Waals surface area contributed by atoms with Crippen LogP contribution in [0.5, 0.6) is 5.75 Å². The molecule has 1 aromatic rings. The molecule has 0 spiro atoms. The zero-order valence-corrected chi connectivity index (χ0v) is 11.7. The third kappa shape index (κ3) is 2.77. The number of benzene rings is 1. The number of aromatic hydroxyl groups is 1. The van der Waals surface area contributed by atoms with Crippen molar-refractivity contribution in [3.8, 4) is 5.75 Å². The van der Waals surface area contributed by atoms with Gasteiger partial charge in [0.2, 0.25) is 0 Å². The molecule has 3 heterocycles. The first-order chi connectivity index (χ1) is 9.26. The van der Waals surface area contributed by atoms with Crippen LogP contribution in [0.1, 0.15) is 37.8 Å². The van der Waals surface area contributed by atoms with Gasteiger partial charge in [0.1, 0.15) is 5.75 Å². The summed E-state index contributed by atoms with van der Waals surface area (Å²) in [5.74, 6) is 1.21. The van der Waals surface area contributed by atoms with Crippen molar-refractivity contribution in [1.29, 1.82) is 0 Å². The van der Waals surface area contributed by atoms with Gasteiger partial charge in [-0.25, -0.2) is 0 Å². The summed E-state index contributed by atoms with van der Waals surface area (Å²) in [6.07, 6.45) is 3.79. The van der Waals surface area contributed by atoms with Gasteiger partial charge in [0.05, 0.1) is 0 Å². The Kier molecular flexibility index (Phi) is 3.76. The molecular weight excluding hydrogens is 236 g/mol. The summed E-state index contributed by atoms with van der Waals surface area (Å²) in [4.78, 5) is 2.58. The molecular formula is C16H24N2O. The van der Waals surface area contributed by atoms with Gasteiger partial charge in [-0.3, -0.25) is 0 Å². The minimum absolute atomic E-state index is 0.349. The lowest BCUT2D eigenvalue weighted by Gasteiger charge is -2.46. The van der Waals surface area contributed by atoms with Crippen molar-refractivity contribution in [1.82, 2.24) is 10.2 Å². The van der Waals surface area contributed by atoms with Crippen LogP contribution in [-0.4, -0.2) is 35.7 Å². The van der Waals surface area contributed by atoms with E-state index in [9.17, 15) is 5.11 Å². The van der Waals surface area contributed by atoms with E-state index in [-0.39, 0.29) is 0 Å². The van der Waals surface area contributed by atoms with Gasteiger partial charge in [-0.2, -0.15) is 0 Å². The Morgan fingerprint density at radius 3 is 2.47 bits per heavy atom. The minimum Gasteiger partial charge on any atom is -0.508 e. The SMILES string of the molecule is CCC(NC1CN2CCC1CC2)c1ccc(O)cc1. The van der Waals surface area contributed by atoms with Crippen molar-refractivity contribution in [2.75, 3.05) is 19.6 Å². The molecule has 3 aliphatic heterocycles. The molecule has 104 valence electrons. The van der Waals surface area contributed by atoms with E-state index in [1.54, 1.807) is 12.1 Å². The summed E-state index contributed by atoms with van der Waals surface area (Å²) in [5, 5.41) is 13.2. The third-order valence-electron chi connectivity index (χ3n) is 4.78. The molecule has 3 heteroatoms. The minimum atomic E-state index is 0.349. The maximum Gasteiger partial charge on any atom is 0.115 e. The summed E-state index contributed by atoms with van der Waals surface area (Å²) >= 11 is 0. The number of phenolic OH excluding ortho intramolecular Hbond substituents is 1. The van der Waals surface area contributed by atoms with Crippen LogP contribution in [0, 0.1) is 5.92 Å². The van der Waals surface area contributed by atoms with Gasteiger partial charge in [-0.05, 0) is 56.0 Å². The number of phenols is 1. The number of rotatable bonds is 4. The third-order valence-corrected chi connectivity index (χ3v) is 4.78. The van der Waals surface area contributed by atoms with E-state index in [1.807, 2.05) is 12.1 Å². The van der Waals surface area contributed by atoms with Gasteiger partial charge in [-0.15, -0.1) is 0 Å². The molecule has 2 atom stereocenters. The summed E-state index contributed by atoms with van der Waals surface area (Å²) in [7, 11) is 0. The van der Waals surface area contributed by atoms with Crippen LogP contribution in [0.3, 0.4) is 0 Å². The second kappa shape index (κ2) is 5.51. The first kappa shape index (κ1) is 12.9. The molecule has 3 saturated heterocycles. The highest BCUT2D eigenvalue weighted by Gasteiger charge is 2.34. The Hall–Kier alpha value is -1.06. The highest BCUT2D eigenvalue weighted by Crippen LogP contribution is 2.30. The molecule has 0 aliphatic carbocycles.